The van der Waals surface area contributed by atoms with Crippen LogP contribution in [-0.4, -0.2) is 52.3 Å². The van der Waals surface area contributed by atoms with E-state index in [9.17, 15) is 29.8 Å². The highest BCUT2D eigenvalue weighted by Crippen LogP contribution is 2.18. The van der Waals surface area contributed by atoms with Crippen LogP contribution < -0.4 is 16.5 Å². The molecule has 0 heterocycles. The first-order valence-electron chi connectivity index (χ1n) is 14.5. The molecule has 0 rings (SSSR count). The first-order valence-corrected chi connectivity index (χ1v) is 14.5. The van der Waals surface area contributed by atoms with Crippen molar-refractivity contribution in [1.82, 2.24) is 10.7 Å². The summed E-state index contributed by atoms with van der Waals surface area (Å²) in [6.07, 6.45) is 14.7. The predicted octanol–water partition coefficient (Wildman–Crippen LogP) is 4.32. The Kier molecular flexibility index (Phi) is 24.8. The fourth-order valence-corrected chi connectivity index (χ4v) is 4.42. The van der Waals surface area contributed by atoms with Gasteiger partial charge in [0.1, 0.15) is 5.78 Å². The number of carbonyl (C=O) groups excluding carboxylic acids is 2. The molecule has 0 aliphatic carbocycles. The third-order valence-corrected chi connectivity index (χ3v) is 6.52. The van der Waals surface area contributed by atoms with Crippen molar-refractivity contribution in [2.24, 2.45) is 22.6 Å². The molecule has 0 fully saturated rings. The van der Waals surface area contributed by atoms with Gasteiger partial charge in [-0.2, -0.15) is 0 Å². The van der Waals surface area contributed by atoms with E-state index in [1.54, 1.807) is 5.43 Å². The number of ketones is 1. The summed E-state index contributed by atoms with van der Waals surface area (Å²) in [6, 6.07) is 0. The molecule has 0 spiro atoms. The molecule has 11 nitrogen and oxygen atoms in total. The molecule has 0 radical (unpaired) electrons. The van der Waals surface area contributed by atoms with Crippen molar-refractivity contribution in [2.45, 2.75) is 137 Å². The average molecular weight is 558 g/mol. The zero-order chi connectivity index (χ0) is 28.8. The van der Waals surface area contributed by atoms with Gasteiger partial charge >= 0.3 is 7.12 Å². The lowest BCUT2D eigenvalue weighted by Gasteiger charge is -2.23. The van der Waals surface area contributed by atoms with Gasteiger partial charge in [0.25, 0.3) is 5.96 Å². The average Bonchev–Trinajstić information content (AvgIpc) is 2.83. The predicted molar refractivity (Wildman–Crippen MR) is 158 cm³/mol. The van der Waals surface area contributed by atoms with Gasteiger partial charge in [0.05, 0.1) is 5.94 Å². The number of carbonyl (C=O) groups is 2. The lowest BCUT2D eigenvalue weighted by Crippen LogP contribution is -2.49. The van der Waals surface area contributed by atoms with E-state index in [0.717, 1.165) is 19.3 Å². The second-order valence-corrected chi connectivity index (χ2v) is 10.7. The third-order valence-electron chi connectivity index (χ3n) is 6.52. The van der Waals surface area contributed by atoms with Crippen LogP contribution in [0.4, 0.5) is 0 Å². The molecule has 0 aromatic heterocycles. The number of nitrogens with zero attached hydrogens (tertiary/aromatic N) is 2. The molecular weight excluding hydrogens is 501 g/mol. The van der Waals surface area contributed by atoms with E-state index in [0.29, 0.717) is 25.7 Å². The number of Topliss-reactive ketones (excluding diaryl/α,β-unsaturated/α-hetero) is 1. The molecule has 12 heteroatoms. The van der Waals surface area contributed by atoms with E-state index in [2.05, 4.69) is 17.2 Å². The van der Waals surface area contributed by atoms with Crippen molar-refractivity contribution in [3.05, 3.63) is 10.1 Å². The van der Waals surface area contributed by atoms with Crippen LogP contribution in [0.5, 0.6) is 0 Å². The first kappa shape index (κ1) is 38.9. The molecule has 228 valence electrons. The van der Waals surface area contributed by atoms with Crippen LogP contribution in [0.25, 0.3) is 0 Å². The van der Waals surface area contributed by atoms with Crippen LogP contribution in [0.1, 0.15) is 131 Å². The SMILES string of the molecule is C.CCCCCCCCCCCCCC(=O)C[C@@H](CCCN=C(N)N[N+](=O)[O-])C(=O)N[C@@H](CC(C)C)B(O)O. The smallest absolute Gasteiger partial charge is 0.426 e. The largest absolute Gasteiger partial charge is 0.475 e. The summed E-state index contributed by atoms with van der Waals surface area (Å²) in [5.41, 5.74) is 7.17. The van der Waals surface area contributed by atoms with E-state index in [1.807, 2.05) is 13.8 Å². The summed E-state index contributed by atoms with van der Waals surface area (Å²) in [7, 11) is -1.70. The molecule has 39 heavy (non-hydrogen) atoms. The van der Waals surface area contributed by atoms with Crippen molar-refractivity contribution < 1.29 is 24.7 Å². The van der Waals surface area contributed by atoms with Crippen molar-refractivity contribution >= 4 is 24.8 Å². The zero-order valence-corrected chi connectivity index (χ0v) is 23.8. The zero-order valence-electron chi connectivity index (χ0n) is 23.8. The number of nitrogens with one attached hydrogen (secondary N) is 2. The van der Waals surface area contributed by atoms with Gasteiger partial charge in [0.15, 0.2) is 5.03 Å². The Morgan fingerprint density at radius 1 is 0.974 bits per heavy atom. The van der Waals surface area contributed by atoms with Crippen molar-refractivity contribution in [1.29, 1.82) is 0 Å². The minimum atomic E-state index is -1.70. The number of amides is 1. The summed E-state index contributed by atoms with van der Waals surface area (Å²) in [5, 5.41) is 31.6. The second-order valence-electron chi connectivity index (χ2n) is 10.7. The number of hydrazine groups is 1. The highest BCUT2D eigenvalue weighted by Gasteiger charge is 2.29. The Hall–Kier alpha value is -2.21. The minimum absolute atomic E-state index is 0. The van der Waals surface area contributed by atoms with Gasteiger partial charge in [0.2, 0.25) is 5.91 Å². The van der Waals surface area contributed by atoms with Gasteiger partial charge in [-0.3, -0.25) is 9.59 Å². The van der Waals surface area contributed by atoms with Crippen molar-refractivity contribution in [2.75, 3.05) is 6.54 Å². The van der Waals surface area contributed by atoms with E-state index < -0.39 is 29.9 Å². The summed E-state index contributed by atoms with van der Waals surface area (Å²) in [4.78, 5) is 39.9. The topological polar surface area (TPSA) is 180 Å². The van der Waals surface area contributed by atoms with Gasteiger partial charge < -0.3 is 21.1 Å². The number of unbranched alkanes of at least 4 members (excludes halogenated alkanes) is 10. The second kappa shape index (κ2) is 24.8. The van der Waals surface area contributed by atoms with Gasteiger partial charge in [0, 0.05) is 25.3 Å². The molecule has 0 aromatic carbocycles. The van der Waals surface area contributed by atoms with E-state index in [4.69, 9.17) is 5.73 Å². The Morgan fingerprint density at radius 3 is 2.00 bits per heavy atom. The maximum atomic E-state index is 13.0. The number of hydrogen-bond donors (Lipinski definition) is 5. The van der Waals surface area contributed by atoms with Crippen LogP contribution in [0.2, 0.25) is 0 Å². The first-order chi connectivity index (χ1) is 18.1. The van der Waals surface area contributed by atoms with E-state index >= 15 is 0 Å². The Bertz CT molecular complexity index is 694. The fraction of sp³-hybridized carbons (Fsp3) is 0.889. The summed E-state index contributed by atoms with van der Waals surface area (Å²) in [5.74, 6) is -2.08. The van der Waals surface area contributed by atoms with Crippen LogP contribution in [0.15, 0.2) is 4.99 Å². The number of hydrogen-bond acceptors (Lipinski definition) is 7. The molecule has 0 aliphatic rings. The van der Waals surface area contributed by atoms with E-state index in [-0.39, 0.29) is 38.1 Å². The molecule has 0 saturated heterocycles. The van der Waals surface area contributed by atoms with Crippen LogP contribution in [-0.2, 0) is 9.59 Å². The Labute approximate surface area is 236 Å². The molecule has 2 atom stereocenters. The molecule has 1 amide bonds. The number of nitro groups is 1. The molecule has 0 saturated carbocycles. The standard InChI is InChI=1S/C26H52BN5O6.CH4/c1-4-5-6-7-8-9-10-11-12-13-14-17-23(33)20-22(16-15-18-29-26(28)31-32(37)38)25(34)30-24(27(35)36)19-21(2)3;/h21-22,24,35-36H,4-20H2,1-3H3,(H,30,34)(H3,28,29,31);1H4/t22-,24+;/m1./s1. The van der Waals surface area contributed by atoms with Gasteiger partial charge in [-0.1, -0.05) is 97.8 Å². The number of guanidine groups is 1. The van der Waals surface area contributed by atoms with E-state index in [1.165, 1.54) is 51.4 Å². The quantitative estimate of drug-likeness (QED) is 0.0291. The Morgan fingerprint density at radius 2 is 1.51 bits per heavy atom. The van der Waals surface area contributed by atoms with Crippen LogP contribution >= 0.6 is 0 Å². The number of rotatable bonds is 24. The van der Waals surface area contributed by atoms with Gasteiger partial charge in [-0.25, -0.2) is 15.1 Å². The normalized spacial score (nSPS) is 12.9. The molecule has 0 aromatic rings. The van der Waals surface area contributed by atoms with Crippen LogP contribution in [0, 0.1) is 22.0 Å². The molecule has 0 aliphatic heterocycles. The monoisotopic (exact) mass is 557 g/mol. The summed E-state index contributed by atoms with van der Waals surface area (Å²) < 4.78 is 0. The lowest BCUT2D eigenvalue weighted by molar-refractivity contribution is -0.525. The van der Waals surface area contributed by atoms with Crippen molar-refractivity contribution in [3.63, 3.8) is 0 Å². The number of aliphatic imine (C=N–C) groups is 1. The van der Waals surface area contributed by atoms with Crippen molar-refractivity contribution in [3.8, 4) is 0 Å². The van der Waals surface area contributed by atoms with Crippen LogP contribution in [0.3, 0.4) is 0 Å². The molecule has 0 unspecified atom stereocenters. The highest BCUT2D eigenvalue weighted by molar-refractivity contribution is 6.43. The maximum Gasteiger partial charge on any atom is 0.475 e. The lowest BCUT2D eigenvalue weighted by atomic mass is 9.74. The van der Waals surface area contributed by atoms with Gasteiger partial charge in [-0.05, 0) is 31.6 Å². The number of nitrogens with two attached hydrogens (primary N) is 1. The minimum Gasteiger partial charge on any atom is -0.426 e. The Balaban J connectivity index is 0. The third kappa shape index (κ3) is 23.4. The molecular formula is C27H56BN5O6. The maximum absolute atomic E-state index is 13.0. The molecule has 0 bridgehead atoms. The molecule has 6 N–H and O–H groups in total. The van der Waals surface area contributed by atoms with Gasteiger partial charge in [-0.15, -0.1) is 0 Å². The summed E-state index contributed by atoms with van der Waals surface area (Å²) in [6.45, 7) is 6.20. The summed E-state index contributed by atoms with van der Waals surface area (Å²) >= 11 is 0. The fourth-order valence-electron chi connectivity index (χ4n) is 4.42. The highest BCUT2D eigenvalue weighted by atomic mass is 16.7.